The summed E-state index contributed by atoms with van der Waals surface area (Å²) in [7, 11) is -3.45. The first kappa shape index (κ1) is 21.3. The summed E-state index contributed by atoms with van der Waals surface area (Å²) in [5.41, 5.74) is 1.78. The molecule has 1 fully saturated rings. The summed E-state index contributed by atoms with van der Waals surface area (Å²) in [5.74, 6) is 0.636. The Bertz CT molecular complexity index is 1020. The number of benzene rings is 1. The SMILES string of the molecule is Cc1ccc2c(c1)[C@H](NC(=O)C1CCN(S(=O)(=O)c3cccs3)CC1)CC(C)(C)O2. The molecule has 1 aromatic carbocycles. The van der Waals surface area contributed by atoms with Gasteiger partial charge in [-0.05, 0) is 51.1 Å². The van der Waals surface area contributed by atoms with E-state index in [1.54, 1.807) is 17.5 Å². The minimum absolute atomic E-state index is 0.00155. The van der Waals surface area contributed by atoms with Gasteiger partial charge in [0.1, 0.15) is 15.6 Å². The zero-order valence-electron chi connectivity index (χ0n) is 17.6. The van der Waals surface area contributed by atoms with Crippen LogP contribution in [0.5, 0.6) is 5.75 Å². The molecule has 1 saturated heterocycles. The molecule has 2 aliphatic rings. The van der Waals surface area contributed by atoms with E-state index in [1.165, 1.54) is 15.6 Å². The number of hydrogen-bond acceptors (Lipinski definition) is 5. The van der Waals surface area contributed by atoms with Crippen molar-refractivity contribution in [2.45, 2.75) is 55.9 Å². The summed E-state index contributed by atoms with van der Waals surface area (Å²) >= 11 is 1.23. The monoisotopic (exact) mass is 448 g/mol. The molecule has 1 atom stereocenters. The Labute approximate surface area is 182 Å². The van der Waals surface area contributed by atoms with E-state index in [-0.39, 0.29) is 23.5 Å². The predicted octanol–water partition coefficient (Wildman–Crippen LogP) is 3.88. The highest BCUT2D eigenvalue weighted by atomic mass is 32.2. The number of rotatable bonds is 4. The van der Waals surface area contributed by atoms with E-state index in [1.807, 2.05) is 32.9 Å². The summed E-state index contributed by atoms with van der Waals surface area (Å²) in [6.07, 6.45) is 1.76. The normalized spacial score (nSPS) is 22.2. The fourth-order valence-corrected chi connectivity index (χ4v) is 6.90. The lowest BCUT2D eigenvalue weighted by Crippen LogP contribution is -2.46. The van der Waals surface area contributed by atoms with Crippen molar-refractivity contribution < 1.29 is 17.9 Å². The number of amides is 1. The molecule has 0 aliphatic carbocycles. The van der Waals surface area contributed by atoms with Crippen LogP contribution in [-0.4, -0.2) is 37.3 Å². The third-order valence-electron chi connectivity index (χ3n) is 5.85. The summed E-state index contributed by atoms with van der Waals surface area (Å²) in [5, 5.41) is 4.99. The van der Waals surface area contributed by atoms with Crippen LogP contribution in [0.4, 0.5) is 0 Å². The molecule has 3 heterocycles. The molecule has 0 spiro atoms. The second-order valence-corrected chi connectivity index (χ2v) is 11.9. The second-order valence-electron chi connectivity index (χ2n) is 8.78. The number of nitrogens with one attached hydrogen (secondary N) is 1. The fraction of sp³-hybridized carbons (Fsp3) is 0.500. The Morgan fingerprint density at radius 1 is 1.23 bits per heavy atom. The molecule has 1 amide bonds. The maximum atomic E-state index is 13.0. The number of sulfonamides is 1. The molecule has 30 heavy (non-hydrogen) atoms. The smallest absolute Gasteiger partial charge is 0.252 e. The highest BCUT2D eigenvalue weighted by Crippen LogP contribution is 2.40. The number of ether oxygens (including phenoxy) is 1. The van der Waals surface area contributed by atoms with Crippen LogP contribution < -0.4 is 10.1 Å². The van der Waals surface area contributed by atoms with Crippen molar-refractivity contribution in [2.24, 2.45) is 5.92 Å². The van der Waals surface area contributed by atoms with E-state index >= 15 is 0 Å². The van der Waals surface area contributed by atoms with Crippen molar-refractivity contribution in [3.05, 3.63) is 46.8 Å². The van der Waals surface area contributed by atoms with Crippen LogP contribution in [0.2, 0.25) is 0 Å². The van der Waals surface area contributed by atoms with Crippen LogP contribution in [0.3, 0.4) is 0 Å². The molecule has 1 aromatic heterocycles. The van der Waals surface area contributed by atoms with E-state index in [0.29, 0.717) is 36.6 Å². The van der Waals surface area contributed by atoms with Gasteiger partial charge in [0.25, 0.3) is 10.0 Å². The quantitative estimate of drug-likeness (QED) is 0.770. The molecule has 0 bridgehead atoms. The predicted molar refractivity (Wildman–Crippen MR) is 117 cm³/mol. The maximum absolute atomic E-state index is 13.0. The molecular weight excluding hydrogens is 420 g/mol. The van der Waals surface area contributed by atoms with Crippen LogP contribution in [0.1, 0.15) is 50.3 Å². The number of carbonyl (C=O) groups excluding carboxylic acids is 1. The fourth-order valence-electron chi connectivity index (χ4n) is 4.29. The number of thiophene rings is 1. The first-order chi connectivity index (χ1) is 14.2. The van der Waals surface area contributed by atoms with E-state index < -0.39 is 10.0 Å². The van der Waals surface area contributed by atoms with Crippen LogP contribution >= 0.6 is 11.3 Å². The zero-order valence-corrected chi connectivity index (χ0v) is 19.2. The lowest BCUT2D eigenvalue weighted by molar-refractivity contribution is -0.127. The molecule has 0 saturated carbocycles. The summed E-state index contributed by atoms with van der Waals surface area (Å²) in [6.45, 7) is 6.83. The molecule has 162 valence electrons. The number of hydrogen-bond donors (Lipinski definition) is 1. The maximum Gasteiger partial charge on any atom is 0.252 e. The molecule has 2 aromatic rings. The Kier molecular flexibility index (Phi) is 5.67. The highest BCUT2D eigenvalue weighted by molar-refractivity contribution is 7.91. The van der Waals surface area contributed by atoms with Gasteiger partial charge in [0.05, 0.1) is 6.04 Å². The number of fused-ring (bicyclic) bond motifs is 1. The van der Waals surface area contributed by atoms with Gasteiger partial charge in [0, 0.05) is 31.0 Å². The summed E-state index contributed by atoms with van der Waals surface area (Å²) in [4.78, 5) is 13.0. The minimum Gasteiger partial charge on any atom is -0.487 e. The van der Waals surface area contributed by atoms with Gasteiger partial charge in [-0.15, -0.1) is 11.3 Å². The van der Waals surface area contributed by atoms with Crippen LogP contribution in [0, 0.1) is 12.8 Å². The third kappa shape index (κ3) is 4.26. The van der Waals surface area contributed by atoms with Gasteiger partial charge >= 0.3 is 0 Å². The number of nitrogens with zero attached hydrogens (tertiary/aromatic N) is 1. The summed E-state index contributed by atoms with van der Waals surface area (Å²) < 4.78 is 33.4. The van der Waals surface area contributed by atoms with Gasteiger partial charge in [0.15, 0.2) is 0 Å². The van der Waals surface area contributed by atoms with Gasteiger partial charge in [-0.3, -0.25) is 4.79 Å². The highest BCUT2D eigenvalue weighted by Gasteiger charge is 2.37. The Morgan fingerprint density at radius 2 is 1.97 bits per heavy atom. The molecular formula is C22H28N2O4S2. The van der Waals surface area contributed by atoms with E-state index in [4.69, 9.17) is 4.74 Å². The van der Waals surface area contributed by atoms with Gasteiger partial charge in [0.2, 0.25) is 5.91 Å². The van der Waals surface area contributed by atoms with Gasteiger partial charge in [-0.25, -0.2) is 8.42 Å². The zero-order chi connectivity index (χ0) is 21.5. The topological polar surface area (TPSA) is 75.7 Å². The lowest BCUT2D eigenvalue weighted by Gasteiger charge is -2.39. The molecule has 8 heteroatoms. The number of piperidine rings is 1. The largest absolute Gasteiger partial charge is 0.487 e. The molecule has 0 unspecified atom stereocenters. The first-order valence-corrected chi connectivity index (χ1v) is 12.6. The Morgan fingerprint density at radius 3 is 2.63 bits per heavy atom. The molecule has 4 rings (SSSR count). The Hall–Kier alpha value is -1.90. The average molecular weight is 449 g/mol. The number of carbonyl (C=O) groups is 1. The standard InChI is InChI=1S/C22H28N2O4S2/c1-15-6-7-19-17(13-15)18(14-22(2,3)28-19)23-21(25)16-8-10-24(11-9-16)30(26,27)20-5-4-12-29-20/h4-7,12-13,16,18H,8-11,14H2,1-3H3,(H,23,25)/t18-/m1/s1. The van der Waals surface area contributed by atoms with Crippen molar-refractivity contribution in [3.8, 4) is 5.75 Å². The third-order valence-corrected chi connectivity index (χ3v) is 9.12. The number of aryl methyl sites for hydroxylation is 1. The van der Waals surface area contributed by atoms with E-state index in [2.05, 4.69) is 11.4 Å². The molecule has 2 aliphatic heterocycles. The van der Waals surface area contributed by atoms with E-state index in [9.17, 15) is 13.2 Å². The van der Waals surface area contributed by atoms with Crippen molar-refractivity contribution in [1.29, 1.82) is 0 Å². The van der Waals surface area contributed by atoms with Crippen LogP contribution in [-0.2, 0) is 14.8 Å². The van der Waals surface area contributed by atoms with Crippen LogP contribution in [0.15, 0.2) is 39.9 Å². The van der Waals surface area contributed by atoms with Crippen LogP contribution in [0.25, 0.3) is 0 Å². The lowest BCUT2D eigenvalue weighted by atomic mass is 9.88. The molecule has 1 N–H and O–H groups in total. The molecule has 6 nitrogen and oxygen atoms in total. The Balaban J connectivity index is 1.43. The minimum atomic E-state index is -3.45. The van der Waals surface area contributed by atoms with Crippen molar-refractivity contribution in [2.75, 3.05) is 13.1 Å². The second kappa shape index (κ2) is 7.98. The van der Waals surface area contributed by atoms with Gasteiger partial charge in [-0.1, -0.05) is 23.8 Å². The van der Waals surface area contributed by atoms with Crippen molar-refractivity contribution in [3.63, 3.8) is 0 Å². The summed E-state index contributed by atoms with van der Waals surface area (Å²) in [6, 6.07) is 9.33. The van der Waals surface area contributed by atoms with Crippen molar-refractivity contribution in [1.82, 2.24) is 9.62 Å². The first-order valence-electron chi connectivity index (χ1n) is 10.3. The van der Waals surface area contributed by atoms with Crippen molar-refractivity contribution >= 4 is 27.3 Å². The average Bonchev–Trinajstić information content (AvgIpc) is 3.24. The molecule has 0 radical (unpaired) electrons. The van der Waals surface area contributed by atoms with E-state index in [0.717, 1.165) is 16.9 Å². The van der Waals surface area contributed by atoms with Gasteiger partial charge in [-0.2, -0.15) is 4.31 Å². The van der Waals surface area contributed by atoms with Gasteiger partial charge < -0.3 is 10.1 Å².